The Morgan fingerprint density at radius 2 is 2.03 bits per heavy atom. The normalized spacial score (nSPS) is 19.7. The highest BCUT2D eigenvalue weighted by molar-refractivity contribution is 9.10. The summed E-state index contributed by atoms with van der Waals surface area (Å²) in [6.07, 6.45) is 1.86. The molecule has 3 atom stereocenters. The molecule has 2 amide bonds. The van der Waals surface area contributed by atoms with Crippen molar-refractivity contribution >= 4 is 33.9 Å². The van der Waals surface area contributed by atoms with Gasteiger partial charge in [-0.2, -0.15) is 0 Å². The first-order valence-electron chi connectivity index (χ1n) is 9.33. The van der Waals surface area contributed by atoms with Gasteiger partial charge in [0.2, 0.25) is 5.91 Å². The number of nitrogens with zero attached hydrogens (tertiary/aromatic N) is 2. The van der Waals surface area contributed by atoms with Crippen LogP contribution in [-0.4, -0.2) is 57.7 Å². The molecule has 0 aliphatic carbocycles. The molecule has 9 nitrogen and oxygen atoms in total. The number of aromatic nitrogens is 1. The van der Waals surface area contributed by atoms with E-state index in [1.54, 1.807) is 33.0 Å². The molecule has 164 valence electrons. The maximum Gasteiger partial charge on any atom is 0.412 e. The Hall–Kier alpha value is -2.62. The number of ether oxygens (including phenoxy) is 2. The number of alkyl carbamates (subject to hydrolysis) is 1. The first-order valence-corrected chi connectivity index (χ1v) is 10.1. The molecule has 2 heterocycles. The van der Waals surface area contributed by atoms with Crippen molar-refractivity contribution in [1.29, 1.82) is 0 Å². The largest absolute Gasteiger partial charge is 0.487 e. The predicted octanol–water partition coefficient (Wildman–Crippen LogP) is 2.95. The molecule has 30 heavy (non-hydrogen) atoms. The minimum Gasteiger partial charge on any atom is -0.487 e. The molecule has 1 fully saturated rings. The molecule has 1 aromatic heterocycles. The van der Waals surface area contributed by atoms with Gasteiger partial charge in [-0.1, -0.05) is 27.4 Å². The lowest BCUT2D eigenvalue weighted by atomic mass is 9.85. The number of halogens is 1. The van der Waals surface area contributed by atoms with E-state index in [0.717, 1.165) is 0 Å². The molecule has 1 aromatic rings. The zero-order chi connectivity index (χ0) is 22.6. The number of hydrogen-bond acceptors (Lipinski definition) is 6. The zero-order valence-electron chi connectivity index (χ0n) is 17.3. The molecule has 2 N–H and O–H groups in total. The molecule has 0 radical (unpaired) electrons. The summed E-state index contributed by atoms with van der Waals surface area (Å²) < 4.78 is 11.5. The summed E-state index contributed by atoms with van der Waals surface area (Å²) in [5.74, 6) is -1.03. The van der Waals surface area contributed by atoms with Crippen molar-refractivity contribution in [2.75, 3.05) is 6.54 Å². The van der Waals surface area contributed by atoms with E-state index in [4.69, 9.17) is 9.47 Å². The van der Waals surface area contributed by atoms with Crippen LogP contribution in [0.25, 0.3) is 0 Å². The molecular formula is C20H26BrN3O6. The molecule has 0 saturated carbocycles. The van der Waals surface area contributed by atoms with Crippen LogP contribution in [0.1, 0.15) is 34.1 Å². The van der Waals surface area contributed by atoms with Crippen molar-refractivity contribution < 1.29 is 29.0 Å². The molecule has 0 aromatic carbocycles. The lowest BCUT2D eigenvalue weighted by Crippen LogP contribution is -2.56. The maximum absolute atomic E-state index is 13.3. The summed E-state index contributed by atoms with van der Waals surface area (Å²) in [5, 5.41) is 12.2. The van der Waals surface area contributed by atoms with E-state index < -0.39 is 41.6 Å². The zero-order valence-corrected chi connectivity index (χ0v) is 18.9. The van der Waals surface area contributed by atoms with E-state index in [-0.39, 0.29) is 18.7 Å². The number of nitrogens with one attached hydrogen (secondary N) is 1. The second-order valence-corrected chi connectivity index (χ2v) is 9.11. The average molecular weight is 484 g/mol. The lowest BCUT2D eigenvalue weighted by molar-refractivity contribution is -0.150. The van der Waals surface area contributed by atoms with Crippen LogP contribution < -0.4 is 10.1 Å². The number of pyridine rings is 1. The number of hydrogen-bond donors (Lipinski definition) is 2. The Morgan fingerprint density at radius 1 is 1.37 bits per heavy atom. The molecule has 1 saturated heterocycles. The SMILES string of the molecule is C=C(C)OC(=O)N[C@H](C(=O)N1C[C@H](Oc2cncc(Br)c2)C[C@H]1C(=O)O)C(C)(C)C. The standard InChI is InChI=1S/C20H26BrN3O6/c1-11(2)29-19(28)23-16(20(3,4)5)17(25)24-10-14(7-15(24)18(26)27)30-13-6-12(21)8-22-9-13/h6,8-9,14-16H,1,7,10H2,2-5H3,(H,23,28)(H,26,27)/t14-,15+,16-/m1/s1. The van der Waals surface area contributed by atoms with Gasteiger partial charge in [0.15, 0.2) is 0 Å². The van der Waals surface area contributed by atoms with E-state index in [0.29, 0.717) is 10.2 Å². The van der Waals surface area contributed by atoms with Gasteiger partial charge in [0.25, 0.3) is 0 Å². The first kappa shape index (κ1) is 23.7. The predicted molar refractivity (Wildman–Crippen MR) is 112 cm³/mol. The minimum atomic E-state index is -1.14. The van der Waals surface area contributed by atoms with Crippen molar-refractivity contribution in [3.63, 3.8) is 0 Å². The monoisotopic (exact) mass is 483 g/mol. The Bertz CT molecular complexity index is 838. The van der Waals surface area contributed by atoms with E-state index in [9.17, 15) is 19.5 Å². The fraction of sp³-hybridized carbons (Fsp3) is 0.500. The number of allylic oxidation sites excluding steroid dienone is 1. The van der Waals surface area contributed by atoms with E-state index >= 15 is 0 Å². The third-order valence-corrected chi connectivity index (χ3v) is 4.89. The quantitative estimate of drug-likeness (QED) is 0.596. The molecule has 0 bridgehead atoms. The van der Waals surface area contributed by atoms with Crippen LogP contribution in [0.5, 0.6) is 5.75 Å². The number of likely N-dealkylation sites (tertiary alicyclic amines) is 1. The molecule has 1 aliphatic heterocycles. The molecule has 2 rings (SSSR count). The van der Waals surface area contributed by atoms with Crippen molar-refractivity contribution in [1.82, 2.24) is 15.2 Å². The van der Waals surface area contributed by atoms with Crippen LogP contribution in [0.4, 0.5) is 4.79 Å². The topological polar surface area (TPSA) is 118 Å². The molecule has 0 unspecified atom stereocenters. The van der Waals surface area contributed by atoms with Crippen LogP contribution >= 0.6 is 15.9 Å². The van der Waals surface area contributed by atoms with Crippen LogP contribution in [0.15, 0.2) is 35.3 Å². The van der Waals surface area contributed by atoms with Gasteiger partial charge < -0.3 is 24.8 Å². The minimum absolute atomic E-state index is 0.0616. The lowest BCUT2D eigenvalue weighted by Gasteiger charge is -2.34. The summed E-state index contributed by atoms with van der Waals surface area (Å²) in [6.45, 7) is 10.4. The van der Waals surface area contributed by atoms with Crippen LogP contribution in [0.2, 0.25) is 0 Å². The Morgan fingerprint density at radius 3 is 2.57 bits per heavy atom. The van der Waals surface area contributed by atoms with Crippen molar-refractivity contribution in [2.45, 2.75) is 52.3 Å². The fourth-order valence-electron chi connectivity index (χ4n) is 3.13. The van der Waals surface area contributed by atoms with Crippen LogP contribution in [0, 0.1) is 5.41 Å². The Kier molecular flexibility index (Phi) is 7.46. The van der Waals surface area contributed by atoms with E-state index in [1.165, 1.54) is 18.0 Å². The highest BCUT2D eigenvalue weighted by Crippen LogP contribution is 2.28. The van der Waals surface area contributed by atoms with Gasteiger partial charge in [0.1, 0.15) is 23.9 Å². The third-order valence-electron chi connectivity index (χ3n) is 4.46. The van der Waals surface area contributed by atoms with Gasteiger partial charge in [-0.15, -0.1) is 0 Å². The molecule has 0 spiro atoms. The smallest absolute Gasteiger partial charge is 0.412 e. The van der Waals surface area contributed by atoms with Gasteiger partial charge in [-0.05, 0) is 34.3 Å². The summed E-state index contributed by atoms with van der Waals surface area (Å²) in [4.78, 5) is 42.4. The number of carbonyl (C=O) groups excluding carboxylic acids is 2. The summed E-state index contributed by atoms with van der Waals surface area (Å²) >= 11 is 3.30. The number of aliphatic carboxylic acids is 1. The fourth-order valence-corrected chi connectivity index (χ4v) is 3.47. The van der Waals surface area contributed by atoms with Crippen LogP contribution in [0.3, 0.4) is 0 Å². The first-order chi connectivity index (χ1) is 13.9. The van der Waals surface area contributed by atoms with Gasteiger partial charge >= 0.3 is 12.1 Å². The number of amides is 2. The van der Waals surface area contributed by atoms with E-state index in [2.05, 4.69) is 32.8 Å². The highest BCUT2D eigenvalue weighted by Gasteiger charge is 2.46. The maximum atomic E-state index is 13.3. The van der Waals surface area contributed by atoms with Crippen molar-refractivity contribution in [3.05, 3.63) is 35.3 Å². The summed E-state index contributed by atoms with van der Waals surface area (Å²) in [6, 6.07) is -0.371. The second-order valence-electron chi connectivity index (χ2n) is 8.19. The summed E-state index contributed by atoms with van der Waals surface area (Å²) in [7, 11) is 0. The number of carbonyl (C=O) groups is 3. The third kappa shape index (κ3) is 6.19. The molecule has 10 heteroatoms. The molecular weight excluding hydrogens is 458 g/mol. The van der Waals surface area contributed by atoms with Crippen molar-refractivity contribution in [2.24, 2.45) is 5.41 Å². The van der Waals surface area contributed by atoms with E-state index in [1.807, 2.05) is 0 Å². The van der Waals surface area contributed by atoms with Gasteiger partial charge in [-0.3, -0.25) is 9.78 Å². The number of rotatable bonds is 6. The van der Waals surface area contributed by atoms with Gasteiger partial charge in [0.05, 0.1) is 18.5 Å². The van der Waals surface area contributed by atoms with Gasteiger partial charge in [-0.25, -0.2) is 9.59 Å². The second kappa shape index (κ2) is 9.46. The van der Waals surface area contributed by atoms with Crippen LogP contribution in [-0.2, 0) is 14.3 Å². The number of carboxylic acid groups (broad SMARTS) is 1. The highest BCUT2D eigenvalue weighted by atomic mass is 79.9. The Balaban J connectivity index is 2.21. The van der Waals surface area contributed by atoms with Crippen molar-refractivity contribution in [3.8, 4) is 5.75 Å². The Labute approximate surface area is 183 Å². The summed E-state index contributed by atoms with van der Waals surface area (Å²) in [5.41, 5.74) is -0.693. The molecule has 1 aliphatic rings. The van der Waals surface area contributed by atoms with Gasteiger partial charge in [0, 0.05) is 17.1 Å². The number of carboxylic acids is 1. The average Bonchev–Trinajstić information content (AvgIpc) is 3.01.